The zero-order valence-electron chi connectivity index (χ0n) is 12.3. The van der Waals surface area contributed by atoms with E-state index < -0.39 is 0 Å². The highest BCUT2D eigenvalue weighted by Gasteiger charge is 2.48. The first-order valence-electron chi connectivity index (χ1n) is 7.64. The van der Waals surface area contributed by atoms with Gasteiger partial charge in [-0.1, -0.05) is 6.92 Å². The van der Waals surface area contributed by atoms with Crippen molar-refractivity contribution in [1.82, 2.24) is 15.1 Å². The van der Waals surface area contributed by atoms with E-state index in [1.165, 1.54) is 12.8 Å². The molecule has 4 atom stereocenters. The largest absolute Gasteiger partial charge is 0.352 e. The van der Waals surface area contributed by atoms with Crippen LogP contribution in [0, 0.1) is 17.8 Å². The van der Waals surface area contributed by atoms with Gasteiger partial charge in [0.05, 0.1) is 11.6 Å². The second-order valence-corrected chi connectivity index (χ2v) is 6.28. The van der Waals surface area contributed by atoms with Crippen LogP contribution in [0.5, 0.6) is 0 Å². The highest BCUT2D eigenvalue weighted by molar-refractivity contribution is 5.80. The van der Waals surface area contributed by atoms with Gasteiger partial charge in [0.2, 0.25) is 5.91 Å². The van der Waals surface area contributed by atoms with Gasteiger partial charge in [-0.15, -0.1) is 0 Å². The third kappa shape index (κ3) is 2.24. The second-order valence-electron chi connectivity index (χ2n) is 6.28. The van der Waals surface area contributed by atoms with Crippen molar-refractivity contribution in [2.45, 2.75) is 45.2 Å². The summed E-state index contributed by atoms with van der Waals surface area (Å²) in [5.41, 5.74) is 8.39. The maximum absolute atomic E-state index is 12.4. The van der Waals surface area contributed by atoms with Crippen LogP contribution in [0.1, 0.15) is 37.4 Å². The van der Waals surface area contributed by atoms with Crippen LogP contribution in [0.3, 0.4) is 0 Å². The van der Waals surface area contributed by atoms with Crippen molar-refractivity contribution in [3.8, 4) is 0 Å². The molecule has 3 rings (SSSR count). The molecule has 0 radical (unpaired) electrons. The molecule has 110 valence electrons. The summed E-state index contributed by atoms with van der Waals surface area (Å²) >= 11 is 0. The first-order valence-corrected chi connectivity index (χ1v) is 7.64. The molecule has 1 heterocycles. The van der Waals surface area contributed by atoms with Gasteiger partial charge in [-0.2, -0.15) is 5.10 Å². The summed E-state index contributed by atoms with van der Waals surface area (Å²) < 4.78 is 1.81. The minimum atomic E-state index is 0.0236. The van der Waals surface area contributed by atoms with Crippen LogP contribution in [0.25, 0.3) is 0 Å². The quantitative estimate of drug-likeness (QED) is 0.860. The van der Waals surface area contributed by atoms with E-state index in [4.69, 9.17) is 5.73 Å². The molecular weight excluding hydrogens is 252 g/mol. The molecule has 1 aromatic heterocycles. The molecule has 20 heavy (non-hydrogen) atoms. The summed E-state index contributed by atoms with van der Waals surface area (Å²) in [5.74, 6) is 1.24. The van der Waals surface area contributed by atoms with E-state index in [9.17, 15) is 4.79 Å². The van der Waals surface area contributed by atoms with Gasteiger partial charge in [0.1, 0.15) is 0 Å². The fourth-order valence-corrected chi connectivity index (χ4v) is 4.05. The highest BCUT2D eigenvalue weighted by Crippen LogP contribution is 2.47. The average molecular weight is 276 g/mol. The summed E-state index contributed by atoms with van der Waals surface area (Å²) in [6.07, 6.45) is 6.40. The normalized spacial score (nSPS) is 31.8. The molecule has 0 aromatic carbocycles. The number of carbonyl (C=O) groups is 1. The zero-order chi connectivity index (χ0) is 14.3. The topological polar surface area (TPSA) is 72.9 Å². The molecule has 4 unspecified atom stereocenters. The number of fused-ring (bicyclic) bond motifs is 2. The fraction of sp³-hybridized carbons (Fsp3) is 0.733. The molecule has 0 saturated heterocycles. The third-order valence-corrected chi connectivity index (χ3v) is 5.06. The van der Waals surface area contributed by atoms with Gasteiger partial charge in [0.15, 0.2) is 0 Å². The number of hydrogen-bond donors (Lipinski definition) is 2. The molecule has 5 nitrogen and oxygen atoms in total. The lowest BCUT2D eigenvalue weighted by molar-refractivity contribution is -0.127. The first kappa shape index (κ1) is 13.6. The lowest BCUT2D eigenvalue weighted by Crippen LogP contribution is -2.45. The van der Waals surface area contributed by atoms with Gasteiger partial charge in [0.25, 0.3) is 0 Å². The van der Waals surface area contributed by atoms with Crippen molar-refractivity contribution < 1.29 is 4.79 Å². The molecule has 2 bridgehead atoms. The summed E-state index contributed by atoms with van der Waals surface area (Å²) in [6, 6.07) is 0.0632. The van der Waals surface area contributed by atoms with Gasteiger partial charge in [0, 0.05) is 31.4 Å². The van der Waals surface area contributed by atoms with E-state index in [1.54, 1.807) is 0 Å². The van der Waals surface area contributed by atoms with Crippen molar-refractivity contribution in [2.75, 3.05) is 0 Å². The number of amides is 1. The van der Waals surface area contributed by atoms with Gasteiger partial charge in [-0.25, -0.2) is 0 Å². The summed E-state index contributed by atoms with van der Waals surface area (Å²) in [4.78, 5) is 12.4. The minimum absolute atomic E-state index is 0.0236. The van der Waals surface area contributed by atoms with Crippen LogP contribution in [0.2, 0.25) is 0 Å². The number of hydrogen-bond acceptors (Lipinski definition) is 3. The first-order chi connectivity index (χ1) is 9.60. The molecule has 1 amide bonds. The van der Waals surface area contributed by atoms with E-state index in [0.29, 0.717) is 18.4 Å². The Labute approximate surface area is 119 Å². The van der Waals surface area contributed by atoms with Crippen molar-refractivity contribution >= 4 is 5.91 Å². The molecule has 2 saturated carbocycles. The smallest absolute Gasteiger partial charge is 0.225 e. The van der Waals surface area contributed by atoms with Crippen LogP contribution in [0.15, 0.2) is 6.20 Å². The molecule has 2 aliphatic rings. The Morgan fingerprint density at radius 3 is 2.90 bits per heavy atom. The molecule has 1 aromatic rings. The highest BCUT2D eigenvalue weighted by atomic mass is 16.1. The molecule has 2 aliphatic carbocycles. The van der Waals surface area contributed by atoms with E-state index in [1.807, 2.05) is 17.9 Å². The monoisotopic (exact) mass is 276 g/mol. The van der Waals surface area contributed by atoms with Gasteiger partial charge in [-0.3, -0.25) is 9.48 Å². The van der Waals surface area contributed by atoms with Crippen LogP contribution in [-0.4, -0.2) is 21.7 Å². The maximum atomic E-state index is 12.4. The Morgan fingerprint density at radius 1 is 1.50 bits per heavy atom. The molecule has 3 N–H and O–H groups in total. The number of aryl methyl sites for hydroxylation is 2. The summed E-state index contributed by atoms with van der Waals surface area (Å²) in [7, 11) is 1.91. The average Bonchev–Trinajstić information content (AvgIpc) is 3.09. The lowest BCUT2D eigenvalue weighted by Gasteiger charge is -2.27. The number of aromatic nitrogens is 2. The Hall–Kier alpha value is -1.36. The van der Waals surface area contributed by atoms with Gasteiger partial charge >= 0.3 is 0 Å². The molecule has 2 fully saturated rings. The Bertz CT molecular complexity index is 508. The van der Waals surface area contributed by atoms with E-state index in [2.05, 4.69) is 17.3 Å². The fourth-order valence-electron chi connectivity index (χ4n) is 4.05. The standard InChI is InChI=1S/C15H24N4O/c1-3-12-11(8-19(2)18-12)7-17-15(20)13-9-4-5-10(6-9)14(13)16/h8-10,13-14H,3-7,16H2,1-2H3,(H,17,20). The predicted molar refractivity (Wildman–Crippen MR) is 76.7 cm³/mol. The van der Waals surface area contributed by atoms with E-state index >= 15 is 0 Å². The second kappa shape index (κ2) is 5.20. The zero-order valence-corrected chi connectivity index (χ0v) is 12.3. The number of nitrogens with zero attached hydrogens (tertiary/aromatic N) is 2. The SMILES string of the molecule is CCc1nn(C)cc1CNC(=O)C1C2CCC(C2)C1N. The Balaban J connectivity index is 1.62. The van der Waals surface area contributed by atoms with Gasteiger partial charge < -0.3 is 11.1 Å². The Kier molecular flexibility index (Phi) is 3.54. The number of nitrogens with two attached hydrogens (primary N) is 1. The number of nitrogens with one attached hydrogen (secondary N) is 1. The van der Waals surface area contributed by atoms with Crippen LogP contribution in [0.4, 0.5) is 0 Å². The van der Waals surface area contributed by atoms with E-state index in [0.717, 1.165) is 24.1 Å². The Morgan fingerprint density at radius 2 is 2.25 bits per heavy atom. The van der Waals surface area contributed by atoms with E-state index in [-0.39, 0.29) is 17.9 Å². The van der Waals surface area contributed by atoms with Crippen molar-refractivity contribution in [1.29, 1.82) is 0 Å². The third-order valence-electron chi connectivity index (χ3n) is 5.06. The number of carbonyl (C=O) groups excluding carboxylic acids is 1. The summed E-state index contributed by atoms with van der Waals surface area (Å²) in [6.45, 7) is 2.65. The van der Waals surface area contributed by atoms with Crippen molar-refractivity contribution in [2.24, 2.45) is 30.5 Å². The van der Waals surface area contributed by atoms with Crippen LogP contribution in [-0.2, 0) is 24.8 Å². The predicted octanol–water partition coefficient (Wildman–Crippen LogP) is 0.972. The molecule has 0 aliphatic heterocycles. The minimum Gasteiger partial charge on any atom is -0.352 e. The van der Waals surface area contributed by atoms with Crippen molar-refractivity contribution in [3.63, 3.8) is 0 Å². The maximum Gasteiger partial charge on any atom is 0.225 e. The van der Waals surface area contributed by atoms with Crippen molar-refractivity contribution in [3.05, 3.63) is 17.5 Å². The molecular formula is C15H24N4O. The molecule has 0 spiro atoms. The lowest BCUT2D eigenvalue weighted by atomic mass is 9.84. The van der Waals surface area contributed by atoms with Crippen LogP contribution < -0.4 is 11.1 Å². The summed E-state index contributed by atoms with van der Waals surface area (Å²) in [5, 5.41) is 7.47. The van der Waals surface area contributed by atoms with Crippen LogP contribution >= 0.6 is 0 Å². The number of rotatable bonds is 4. The van der Waals surface area contributed by atoms with Gasteiger partial charge in [-0.05, 0) is 37.5 Å². The molecule has 5 heteroatoms.